The van der Waals surface area contributed by atoms with E-state index in [0.717, 1.165) is 11.1 Å². The van der Waals surface area contributed by atoms with E-state index in [4.69, 9.17) is 37.7 Å². The number of urea groups is 1. The first-order valence-corrected chi connectivity index (χ1v) is 19.4. The summed E-state index contributed by atoms with van der Waals surface area (Å²) in [5.41, 5.74) is -2.36. The highest BCUT2D eigenvalue weighted by molar-refractivity contribution is 8.72. The van der Waals surface area contributed by atoms with Gasteiger partial charge in [0.2, 0.25) is 0 Å². The van der Waals surface area contributed by atoms with Crippen molar-refractivity contribution in [3.63, 3.8) is 0 Å². The molecule has 194 valence electrons. The summed E-state index contributed by atoms with van der Waals surface area (Å²) in [6.07, 6.45) is 4.32. The Morgan fingerprint density at radius 3 is 2.57 bits per heavy atom. The van der Waals surface area contributed by atoms with Gasteiger partial charge >= 0.3 is 6.03 Å². The molecule has 2 amide bonds. The second-order valence-corrected chi connectivity index (χ2v) is 22.2. The number of benzene rings is 1. The fraction of sp³-hybridized carbons (Fsp3) is 0.583. The summed E-state index contributed by atoms with van der Waals surface area (Å²) >= 11 is 12.9. The zero-order chi connectivity index (χ0) is 26.0. The maximum absolute atomic E-state index is 12.3. The lowest BCUT2D eigenvalue weighted by molar-refractivity contribution is 0.142. The van der Waals surface area contributed by atoms with Gasteiger partial charge in [-0.3, -0.25) is 0 Å². The number of hydrogen-bond acceptors (Lipinski definition) is 7. The summed E-state index contributed by atoms with van der Waals surface area (Å²) in [5, 5.41) is 3.80. The highest BCUT2D eigenvalue weighted by atomic mass is 32.9. The Balaban J connectivity index is 1.82. The van der Waals surface area contributed by atoms with Gasteiger partial charge in [-0.05, 0) is 48.3 Å². The molecule has 1 aromatic carbocycles. The van der Waals surface area contributed by atoms with Crippen LogP contribution >= 0.6 is 29.1 Å². The highest BCUT2D eigenvalue weighted by Gasteiger charge is 2.46. The van der Waals surface area contributed by atoms with E-state index in [1.165, 1.54) is 0 Å². The third-order valence-electron chi connectivity index (χ3n) is 7.44. The van der Waals surface area contributed by atoms with Crippen LogP contribution in [0, 0.1) is 5.92 Å². The molecule has 2 aliphatic heterocycles. The number of methoxy groups -OCH3 is 1. The van der Waals surface area contributed by atoms with Crippen LogP contribution in [0.1, 0.15) is 34.1 Å². The van der Waals surface area contributed by atoms with E-state index in [-0.39, 0.29) is 22.4 Å². The molecule has 0 saturated carbocycles. The molecule has 2 heterocycles. The molecule has 1 N–H and O–H groups in total. The number of ether oxygens (including phenoxy) is 1. The Bertz CT molecular complexity index is 1020. The second kappa shape index (κ2) is 11.3. The van der Waals surface area contributed by atoms with Crippen molar-refractivity contribution in [1.29, 1.82) is 0 Å². The quantitative estimate of drug-likeness (QED) is 0.220. The number of carbonyl (C=O) groups excluding carboxylic acids is 1. The first kappa shape index (κ1) is 28.8. The van der Waals surface area contributed by atoms with Gasteiger partial charge in [0.1, 0.15) is 17.3 Å². The lowest BCUT2D eigenvalue weighted by Gasteiger charge is -2.43. The predicted molar refractivity (Wildman–Crippen MR) is 157 cm³/mol. The van der Waals surface area contributed by atoms with Crippen LogP contribution in [0.25, 0.3) is 0 Å². The Morgan fingerprint density at radius 2 is 2.00 bits per heavy atom. The number of rotatable bonds is 9. The van der Waals surface area contributed by atoms with Crippen LogP contribution in [0.15, 0.2) is 36.5 Å². The third-order valence-corrected chi connectivity index (χ3v) is 18.9. The minimum absolute atomic E-state index is 0.0309. The smallest absolute Gasteiger partial charge is 0.326 e. The summed E-state index contributed by atoms with van der Waals surface area (Å²) < 4.78 is 18.6. The maximum atomic E-state index is 12.3. The Labute approximate surface area is 225 Å². The Hall–Kier alpha value is -0.743. The van der Waals surface area contributed by atoms with Crippen molar-refractivity contribution in [3.8, 4) is 5.75 Å². The van der Waals surface area contributed by atoms with Crippen LogP contribution in [0.4, 0.5) is 4.79 Å². The summed E-state index contributed by atoms with van der Waals surface area (Å²) in [5.74, 6) is 1.29. The average molecular weight is 573 g/mol. The topological polar surface area (TPSA) is 60.0 Å². The van der Waals surface area contributed by atoms with Crippen molar-refractivity contribution in [2.24, 2.45) is 5.92 Å². The number of nitrogens with one attached hydrogen (secondary N) is 1. The molecule has 3 rings (SSSR count). The van der Waals surface area contributed by atoms with E-state index in [1.54, 1.807) is 23.4 Å². The molecule has 6 nitrogen and oxygen atoms in total. The normalized spacial score (nSPS) is 26.0. The molecule has 2 aliphatic rings. The lowest BCUT2D eigenvalue weighted by atomic mass is 9.99. The largest absolute Gasteiger partial charge is 0.497 e. The van der Waals surface area contributed by atoms with Crippen molar-refractivity contribution in [1.82, 2.24) is 10.2 Å². The van der Waals surface area contributed by atoms with Gasteiger partial charge in [-0.1, -0.05) is 69.2 Å². The molecule has 2 fully saturated rings. The van der Waals surface area contributed by atoms with Crippen LogP contribution in [0.5, 0.6) is 5.75 Å². The van der Waals surface area contributed by atoms with Crippen molar-refractivity contribution in [2.45, 2.75) is 63.6 Å². The fourth-order valence-electron chi connectivity index (χ4n) is 3.74. The molecule has 0 spiro atoms. The van der Waals surface area contributed by atoms with E-state index >= 15 is 0 Å². The lowest BCUT2D eigenvalue weighted by Crippen LogP contribution is -2.47. The molecule has 2 saturated heterocycles. The molecule has 0 radical (unpaired) electrons. The Morgan fingerprint density at radius 1 is 1.34 bits per heavy atom. The van der Waals surface area contributed by atoms with E-state index in [1.807, 2.05) is 36.5 Å². The van der Waals surface area contributed by atoms with Crippen LogP contribution in [0.3, 0.4) is 0 Å². The van der Waals surface area contributed by atoms with Crippen molar-refractivity contribution in [3.05, 3.63) is 36.5 Å². The average Bonchev–Trinajstić information content (AvgIpc) is 3.13. The molecule has 35 heavy (non-hydrogen) atoms. The van der Waals surface area contributed by atoms with Crippen LogP contribution in [0.2, 0.25) is 18.1 Å². The van der Waals surface area contributed by atoms with E-state index in [9.17, 15) is 4.79 Å². The molecular formula is C24H37N2O4PS3Si. The van der Waals surface area contributed by atoms with Crippen LogP contribution < -0.4 is 15.4 Å². The maximum Gasteiger partial charge on any atom is 0.326 e. The van der Waals surface area contributed by atoms with Gasteiger partial charge < -0.3 is 23.9 Å². The van der Waals surface area contributed by atoms with Gasteiger partial charge in [0.25, 0.3) is 0 Å². The van der Waals surface area contributed by atoms with Crippen molar-refractivity contribution in [2.75, 3.05) is 20.3 Å². The van der Waals surface area contributed by atoms with E-state index in [2.05, 4.69) is 46.1 Å². The minimum atomic E-state index is -2.36. The third kappa shape index (κ3) is 6.58. The summed E-state index contributed by atoms with van der Waals surface area (Å²) in [7, 11) is -0.394. The van der Waals surface area contributed by atoms with Gasteiger partial charge in [-0.2, -0.15) is 0 Å². The molecule has 0 bridgehead atoms. The highest BCUT2D eigenvalue weighted by Crippen LogP contribution is 2.68. The number of hydrogen-bond donors (Lipinski definition) is 1. The van der Waals surface area contributed by atoms with Gasteiger partial charge in [-0.15, -0.1) is 0 Å². The first-order valence-electron chi connectivity index (χ1n) is 11.8. The van der Waals surface area contributed by atoms with Crippen molar-refractivity contribution < 1.29 is 18.5 Å². The molecule has 11 heteroatoms. The van der Waals surface area contributed by atoms with Gasteiger partial charge in [-0.25, -0.2) is 4.79 Å². The van der Waals surface area contributed by atoms with E-state index in [0.29, 0.717) is 30.5 Å². The molecular weight excluding hydrogens is 536 g/mol. The second-order valence-electron chi connectivity index (χ2n) is 10.2. The summed E-state index contributed by atoms with van der Waals surface area (Å²) in [6.45, 7) is 14.7. The van der Waals surface area contributed by atoms with Gasteiger partial charge in [0.05, 0.1) is 24.0 Å². The van der Waals surface area contributed by atoms with Crippen molar-refractivity contribution >= 4 is 65.5 Å². The molecule has 3 atom stereocenters. The molecule has 0 aromatic heterocycles. The standard InChI is InChI=1S/C24H37N2O4PS3Si/c1-17(2)24(3,4)35(6,7)29-16-20-21(12-14-26-15-13-22(32)25-23(26)27)34-31(33,30-20)19-10-8-18(28-5)9-11-19/h8-12,14,17,20-21H,13,15-16H2,1-7H3,(H,25,27,32)/b14-12+/t20-,21?,31?/m1/s1. The van der Waals surface area contributed by atoms with Crippen LogP contribution in [-0.2, 0) is 20.8 Å². The number of amides is 2. The van der Waals surface area contributed by atoms with Gasteiger partial charge in [0.15, 0.2) is 8.32 Å². The summed E-state index contributed by atoms with van der Waals surface area (Å²) in [4.78, 5) is 14.6. The van der Waals surface area contributed by atoms with E-state index < -0.39 is 13.8 Å². The molecule has 1 aromatic rings. The minimum Gasteiger partial charge on any atom is -0.497 e. The van der Waals surface area contributed by atoms with Crippen LogP contribution in [-0.4, -0.2) is 55.9 Å². The monoisotopic (exact) mass is 572 g/mol. The SMILES string of the molecule is COc1ccc(P2(=S)O[C@H](CO[Si](C)(C)C(C)(C)C(C)C)C(/C=C/N3CCC(=S)NC3=O)S2)cc1. The summed E-state index contributed by atoms with van der Waals surface area (Å²) in [6, 6.07) is 7.64. The van der Waals surface area contributed by atoms with Gasteiger partial charge in [0, 0.05) is 24.5 Å². The number of thiocarbonyl (C=S) groups is 1. The zero-order valence-electron chi connectivity index (χ0n) is 21.6. The molecule has 2 unspecified atom stereocenters. The molecule has 0 aliphatic carbocycles. The first-order chi connectivity index (χ1) is 16.3. The number of nitrogens with zero attached hydrogens (tertiary/aromatic N) is 1. The Kier molecular flexibility index (Phi) is 9.33. The predicted octanol–water partition coefficient (Wildman–Crippen LogP) is 6.04. The number of carbonyl (C=O) groups is 1. The zero-order valence-corrected chi connectivity index (χ0v) is 25.9. The fourth-order valence-corrected chi connectivity index (χ4v) is 12.8.